The molecule has 1 aliphatic rings. The number of carbonyl (C=O) groups is 1. The first-order valence-electron chi connectivity index (χ1n) is 9.21. The monoisotopic (exact) mass is 438 g/mol. The van der Waals surface area contributed by atoms with E-state index in [1.54, 1.807) is 6.07 Å². The lowest BCUT2D eigenvalue weighted by atomic mass is 9.91. The molecule has 1 unspecified atom stereocenters. The van der Waals surface area contributed by atoms with E-state index in [0.717, 1.165) is 25.7 Å². The number of ether oxygens (including phenoxy) is 2. The van der Waals surface area contributed by atoms with Crippen LogP contribution in [-0.2, 0) is 11.2 Å². The Morgan fingerprint density at radius 1 is 1.28 bits per heavy atom. The number of hydrogen-bond donors (Lipinski definition) is 0. The summed E-state index contributed by atoms with van der Waals surface area (Å²) in [6.07, 6.45) is 7.14. The van der Waals surface area contributed by atoms with Gasteiger partial charge >= 0.3 is 5.69 Å². The molecule has 0 aliphatic heterocycles. The quantitative estimate of drug-likeness (QED) is 0.321. The number of aromatic nitrogens is 1. The van der Waals surface area contributed by atoms with Crippen LogP contribution < -0.4 is 9.47 Å². The molecule has 1 aromatic heterocycles. The van der Waals surface area contributed by atoms with Crippen LogP contribution >= 0.6 is 23.2 Å². The van der Waals surface area contributed by atoms with Crippen molar-refractivity contribution in [2.45, 2.75) is 44.1 Å². The van der Waals surface area contributed by atoms with Gasteiger partial charge in [0.25, 0.3) is 0 Å². The molecular formula is C20H20Cl2N2O5. The van der Waals surface area contributed by atoms with Gasteiger partial charge in [-0.2, -0.15) is 0 Å². The molecule has 154 valence electrons. The summed E-state index contributed by atoms with van der Waals surface area (Å²) in [5.74, 6) is -0.526. The number of rotatable bonds is 8. The van der Waals surface area contributed by atoms with Crippen molar-refractivity contribution in [3.05, 3.63) is 55.8 Å². The Kier molecular flexibility index (Phi) is 6.92. The molecule has 2 aromatic rings. The van der Waals surface area contributed by atoms with Crippen molar-refractivity contribution in [3.8, 4) is 11.5 Å². The largest absolute Gasteiger partial charge is 0.493 e. The van der Waals surface area contributed by atoms with Crippen molar-refractivity contribution in [3.63, 3.8) is 0 Å². The fourth-order valence-electron chi connectivity index (χ4n) is 3.59. The Morgan fingerprint density at radius 3 is 2.48 bits per heavy atom. The van der Waals surface area contributed by atoms with Crippen LogP contribution in [0.4, 0.5) is 5.69 Å². The van der Waals surface area contributed by atoms with Gasteiger partial charge in [-0.3, -0.25) is 15.1 Å². The molecular weight excluding hydrogens is 419 g/mol. The first-order valence-corrected chi connectivity index (χ1v) is 9.97. The maximum atomic E-state index is 12.0. The SMILES string of the molecule is COc1ccc(C(C=O)Cc2c(Cl)cncc2Cl)c([N+](=O)[O-])c1OC1CCCC1. The molecule has 9 heteroatoms. The van der Waals surface area contributed by atoms with E-state index in [9.17, 15) is 14.9 Å². The normalized spacial score (nSPS) is 15.1. The molecule has 0 spiro atoms. The Bertz CT molecular complexity index is 896. The van der Waals surface area contributed by atoms with E-state index in [2.05, 4.69) is 4.98 Å². The van der Waals surface area contributed by atoms with Crippen molar-refractivity contribution >= 4 is 35.2 Å². The summed E-state index contributed by atoms with van der Waals surface area (Å²) >= 11 is 12.3. The van der Waals surface area contributed by atoms with E-state index in [1.807, 2.05) is 0 Å². The van der Waals surface area contributed by atoms with Gasteiger partial charge in [0, 0.05) is 18.0 Å². The molecule has 1 saturated carbocycles. The first kappa shape index (κ1) is 21.3. The Balaban J connectivity index is 2.06. The van der Waals surface area contributed by atoms with Crippen LogP contribution in [0.2, 0.25) is 10.0 Å². The van der Waals surface area contributed by atoms with Crippen molar-refractivity contribution < 1.29 is 19.2 Å². The molecule has 0 N–H and O–H groups in total. The Hall–Kier alpha value is -2.38. The number of methoxy groups -OCH3 is 1. The summed E-state index contributed by atoms with van der Waals surface area (Å²) in [6, 6.07) is 3.10. The Morgan fingerprint density at radius 2 is 1.93 bits per heavy atom. The highest BCUT2D eigenvalue weighted by atomic mass is 35.5. The van der Waals surface area contributed by atoms with E-state index in [-0.39, 0.29) is 35.3 Å². The molecule has 0 amide bonds. The predicted molar refractivity (Wildman–Crippen MR) is 109 cm³/mol. The fraction of sp³-hybridized carbons (Fsp3) is 0.400. The fourth-order valence-corrected chi connectivity index (χ4v) is 4.11. The zero-order valence-corrected chi connectivity index (χ0v) is 17.3. The highest BCUT2D eigenvalue weighted by Gasteiger charge is 2.32. The third-order valence-corrected chi connectivity index (χ3v) is 5.71. The maximum absolute atomic E-state index is 12.0. The number of nitro benzene ring substituents is 1. The average Bonchev–Trinajstić information content (AvgIpc) is 3.20. The minimum Gasteiger partial charge on any atom is -0.493 e. The van der Waals surface area contributed by atoms with Crippen LogP contribution in [0.1, 0.15) is 42.7 Å². The highest BCUT2D eigenvalue weighted by Crippen LogP contribution is 2.45. The predicted octanol–water partition coefficient (Wildman–Crippen LogP) is 5.15. The molecule has 0 radical (unpaired) electrons. The Labute approximate surface area is 178 Å². The summed E-state index contributed by atoms with van der Waals surface area (Å²) in [4.78, 5) is 27.3. The van der Waals surface area contributed by atoms with Crippen LogP contribution in [0.25, 0.3) is 0 Å². The van der Waals surface area contributed by atoms with E-state index in [4.69, 9.17) is 32.7 Å². The first-order chi connectivity index (χ1) is 14.0. The van der Waals surface area contributed by atoms with Crippen molar-refractivity contribution in [2.24, 2.45) is 0 Å². The molecule has 1 fully saturated rings. The molecule has 0 saturated heterocycles. The molecule has 3 rings (SSSR count). The van der Waals surface area contributed by atoms with E-state index in [0.29, 0.717) is 21.9 Å². The zero-order chi connectivity index (χ0) is 21.0. The lowest BCUT2D eigenvalue weighted by molar-refractivity contribution is -0.386. The molecule has 7 nitrogen and oxygen atoms in total. The number of nitro groups is 1. The highest BCUT2D eigenvalue weighted by molar-refractivity contribution is 6.35. The maximum Gasteiger partial charge on any atom is 0.318 e. The second kappa shape index (κ2) is 9.41. The van der Waals surface area contributed by atoms with Crippen LogP contribution in [0.3, 0.4) is 0 Å². The number of benzene rings is 1. The lowest BCUT2D eigenvalue weighted by Crippen LogP contribution is -2.15. The smallest absolute Gasteiger partial charge is 0.318 e. The standard InChI is InChI=1S/C20H20Cl2N2O5/c1-28-18-7-6-14(12(11-25)8-15-16(21)9-23-10-17(15)22)19(24(26)27)20(18)29-13-4-2-3-5-13/h6-7,9-13H,2-5,8H2,1H3. The van der Waals surface area contributed by atoms with Gasteiger partial charge in [-0.1, -0.05) is 23.2 Å². The van der Waals surface area contributed by atoms with E-state index in [1.165, 1.54) is 25.6 Å². The number of aldehydes is 1. The van der Waals surface area contributed by atoms with Gasteiger partial charge in [-0.05, 0) is 49.8 Å². The third kappa shape index (κ3) is 4.62. The summed E-state index contributed by atoms with van der Waals surface area (Å²) < 4.78 is 11.3. The third-order valence-electron chi connectivity index (χ3n) is 5.06. The second-order valence-corrected chi connectivity index (χ2v) is 7.66. The number of carbonyl (C=O) groups excluding carboxylic acids is 1. The van der Waals surface area contributed by atoms with Crippen LogP contribution in [0, 0.1) is 10.1 Å². The van der Waals surface area contributed by atoms with Crippen molar-refractivity contribution in [1.82, 2.24) is 4.98 Å². The van der Waals surface area contributed by atoms with Crippen LogP contribution in [0.5, 0.6) is 11.5 Å². The van der Waals surface area contributed by atoms with Gasteiger partial charge in [0.1, 0.15) is 6.29 Å². The number of nitrogens with zero attached hydrogens (tertiary/aromatic N) is 2. The van der Waals surface area contributed by atoms with Crippen LogP contribution in [-0.4, -0.2) is 29.4 Å². The van der Waals surface area contributed by atoms with Gasteiger partial charge < -0.3 is 14.3 Å². The minimum atomic E-state index is -0.843. The molecule has 1 aliphatic carbocycles. The lowest BCUT2D eigenvalue weighted by Gasteiger charge is -2.19. The van der Waals surface area contributed by atoms with E-state index < -0.39 is 10.8 Å². The minimum absolute atomic E-state index is 0.0562. The molecule has 29 heavy (non-hydrogen) atoms. The summed E-state index contributed by atoms with van der Waals surface area (Å²) in [6.45, 7) is 0. The molecule has 1 atom stereocenters. The summed E-state index contributed by atoms with van der Waals surface area (Å²) in [7, 11) is 1.42. The van der Waals surface area contributed by atoms with Gasteiger partial charge in [0.2, 0.25) is 5.75 Å². The number of hydrogen-bond acceptors (Lipinski definition) is 6. The number of halogens is 2. The van der Waals surface area contributed by atoms with E-state index >= 15 is 0 Å². The van der Waals surface area contributed by atoms with Gasteiger partial charge in [0.15, 0.2) is 5.75 Å². The second-order valence-electron chi connectivity index (χ2n) is 6.84. The van der Waals surface area contributed by atoms with Crippen LogP contribution in [0.15, 0.2) is 24.5 Å². The summed E-state index contributed by atoms with van der Waals surface area (Å²) in [5, 5.41) is 12.6. The van der Waals surface area contributed by atoms with Gasteiger partial charge in [0.05, 0.1) is 34.1 Å². The topological polar surface area (TPSA) is 91.6 Å². The zero-order valence-electron chi connectivity index (χ0n) is 15.8. The van der Waals surface area contributed by atoms with Crippen molar-refractivity contribution in [2.75, 3.05) is 7.11 Å². The number of pyridine rings is 1. The molecule has 1 aromatic carbocycles. The van der Waals surface area contributed by atoms with Crippen molar-refractivity contribution in [1.29, 1.82) is 0 Å². The molecule has 0 bridgehead atoms. The molecule has 1 heterocycles. The average molecular weight is 439 g/mol. The van der Waals surface area contributed by atoms with Gasteiger partial charge in [-0.25, -0.2) is 0 Å². The van der Waals surface area contributed by atoms with Gasteiger partial charge in [-0.15, -0.1) is 0 Å². The summed E-state index contributed by atoms with van der Waals surface area (Å²) in [5.41, 5.74) is 0.459.